The van der Waals surface area contributed by atoms with Gasteiger partial charge in [-0.05, 0) is 22.6 Å². The lowest BCUT2D eigenvalue weighted by Crippen LogP contribution is -2.01. The van der Waals surface area contributed by atoms with E-state index < -0.39 is 0 Å². The molecule has 0 bridgehead atoms. The molecule has 2 rings (SSSR count). The topological polar surface area (TPSA) is 69.6 Å². The van der Waals surface area contributed by atoms with Crippen LogP contribution in [0.2, 0.25) is 0 Å². The Balaban J connectivity index is 2.46. The smallest absolute Gasteiger partial charge is 0.221 e. The zero-order chi connectivity index (χ0) is 9.26. The molecule has 2 aromatic rings. The van der Waals surface area contributed by atoms with E-state index in [-0.39, 0.29) is 5.95 Å². The fourth-order valence-electron chi connectivity index (χ4n) is 0.918. The zero-order valence-corrected chi connectivity index (χ0v) is 8.71. The average Bonchev–Trinajstić information content (AvgIpc) is 2.52. The van der Waals surface area contributed by atoms with Crippen LogP contribution in [0.25, 0.3) is 5.82 Å². The van der Waals surface area contributed by atoms with Crippen molar-refractivity contribution in [3.05, 3.63) is 28.2 Å². The highest BCUT2D eigenvalue weighted by Crippen LogP contribution is 2.07. The number of hydrogen-bond acceptors (Lipinski definition) is 4. The van der Waals surface area contributed by atoms with E-state index in [0.29, 0.717) is 5.82 Å². The van der Waals surface area contributed by atoms with E-state index in [1.54, 1.807) is 23.1 Å². The molecule has 0 fully saturated rings. The molecule has 0 aromatic carbocycles. The second-order valence-corrected chi connectivity index (χ2v) is 3.62. The van der Waals surface area contributed by atoms with Crippen LogP contribution in [0.5, 0.6) is 0 Å². The Morgan fingerprint density at radius 3 is 2.92 bits per heavy atom. The van der Waals surface area contributed by atoms with Crippen molar-refractivity contribution < 1.29 is 0 Å². The summed E-state index contributed by atoms with van der Waals surface area (Å²) in [6.45, 7) is 0. The number of halogens is 1. The van der Waals surface area contributed by atoms with Crippen LogP contribution in [0.3, 0.4) is 0 Å². The maximum absolute atomic E-state index is 5.44. The third-order valence-electron chi connectivity index (χ3n) is 1.45. The highest BCUT2D eigenvalue weighted by molar-refractivity contribution is 14.1. The summed E-state index contributed by atoms with van der Waals surface area (Å²) in [7, 11) is 0. The third-order valence-corrected chi connectivity index (χ3v) is 2.00. The molecule has 0 saturated carbocycles. The van der Waals surface area contributed by atoms with Gasteiger partial charge in [0.15, 0.2) is 5.82 Å². The first kappa shape index (κ1) is 8.42. The molecule has 0 aliphatic heterocycles. The fourth-order valence-corrected chi connectivity index (χ4v) is 1.31. The van der Waals surface area contributed by atoms with Gasteiger partial charge in [0, 0.05) is 18.5 Å². The number of aromatic nitrogens is 4. The van der Waals surface area contributed by atoms with Gasteiger partial charge in [-0.15, -0.1) is 0 Å². The summed E-state index contributed by atoms with van der Waals surface area (Å²) in [6.07, 6.45) is 5.22. The van der Waals surface area contributed by atoms with E-state index in [0.717, 1.165) is 3.57 Å². The second-order valence-electron chi connectivity index (χ2n) is 2.38. The van der Waals surface area contributed by atoms with E-state index >= 15 is 0 Å². The summed E-state index contributed by atoms with van der Waals surface area (Å²) in [5.41, 5.74) is 5.44. The van der Waals surface area contributed by atoms with Crippen molar-refractivity contribution in [1.82, 2.24) is 19.7 Å². The molecular formula is C7H6IN5. The predicted octanol–water partition coefficient (Wildman–Crippen LogP) is 0.849. The van der Waals surface area contributed by atoms with Crippen LogP contribution in [-0.2, 0) is 0 Å². The minimum absolute atomic E-state index is 0.253. The Kier molecular flexibility index (Phi) is 2.13. The molecule has 6 heteroatoms. The maximum Gasteiger partial charge on any atom is 0.221 e. The lowest BCUT2D eigenvalue weighted by atomic mass is 10.6. The van der Waals surface area contributed by atoms with Crippen molar-refractivity contribution in [1.29, 1.82) is 0 Å². The molecule has 66 valence electrons. The van der Waals surface area contributed by atoms with Gasteiger partial charge in [-0.3, -0.25) is 0 Å². The zero-order valence-electron chi connectivity index (χ0n) is 6.55. The van der Waals surface area contributed by atoms with Crippen molar-refractivity contribution in [3.63, 3.8) is 0 Å². The Labute approximate surface area is 88.1 Å². The summed E-state index contributed by atoms with van der Waals surface area (Å²) in [5.74, 6) is 0.929. The van der Waals surface area contributed by atoms with Crippen molar-refractivity contribution in [2.24, 2.45) is 0 Å². The monoisotopic (exact) mass is 287 g/mol. The molecule has 0 saturated heterocycles. The molecular weight excluding hydrogens is 281 g/mol. The standard InChI is InChI=1S/C7H6IN5/c8-5-3-11-13(4-5)6-1-2-10-7(9)12-6/h1-4H,(H2,9,10,12). The predicted molar refractivity (Wildman–Crippen MR) is 56.3 cm³/mol. The number of hydrogen-bond donors (Lipinski definition) is 1. The number of nitrogen functional groups attached to an aromatic ring is 1. The van der Waals surface area contributed by atoms with Gasteiger partial charge in [0.05, 0.1) is 9.77 Å². The summed E-state index contributed by atoms with van der Waals surface area (Å²) in [5, 5.41) is 4.09. The van der Waals surface area contributed by atoms with Gasteiger partial charge in [-0.2, -0.15) is 10.1 Å². The first-order valence-corrected chi connectivity index (χ1v) is 4.62. The largest absolute Gasteiger partial charge is 0.368 e. The fraction of sp³-hybridized carbons (Fsp3) is 0. The molecule has 0 aliphatic carbocycles. The van der Waals surface area contributed by atoms with Gasteiger partial charge in [-0.1, -0.05) is 0 Å². The molecule has 2 N–H and O–H groups in total. The van der Waals surface area contributed by atoms with Gasteiger partial charge < -0.3 is 5.73 Å². The van der Waals surface area contributed by atoms with Crippen LogP contribution in [0, 0.1) is 3.57 Å². The highest BCUT2D eigenvalue weighted by atomic mass is 127. The van der Waals surface area contributed by atoms with E-state index in [9.17, 15) is 0 Å². The van der Waals surface area contributed by atoms with E-state index in [4.69, 9.17) is 5.73 Å². The minimum atomic E-state index is 0.253. The van der Waals surface area contributed by atoms with E-state index in [2.05, 4.69) is 37.7 Å². The lowest BCUT2D eigenvalue weighted by Gasteiger charge is -1.98. The van der Waals surface area contributed by atoms with Gasteiger partial charge in [-0.25, -0.2) is 9.67 Å². The van der Waals surface area contributed by atoms with Crippen molar-refractivity contribution in [2.45, 2.75) is 0 Å². The molecule has 0 unspecified atom stereocenters. The first-order valence-electron chi connectivity index (χ1n) is 3.55. The van der Waals surface area contributed by atoms with Crippen LogP contribution in [0.1, 0.15) is 0 Å². The van der Waals surface area contributed by atoms with Crippen molar-refractivity contribution in [2.75, 3.05) is 5.73 Å². The van der Waals surface area contributed by atoms with Crippen LogP contribution in [-0.4, -0.2) is 19.7 Å². The van der Waals surface area contributed by atoms with Crippen molar-refractivity contribution in [3.8, 4) is 5.82 Å². The Morgan fingerprint density at radius 2 is 2.31 bits per heavy atom. The minimum Gasteiger partial charge on any atom is -0.368 e. The molecule has 5 nitrogen and oxygen atoms in total. The molecule has 0 radical (unpaired) electrons. The molecule has 2 aromatic heterocycles. The molecule has 0 spiro atoms. The van der Waals surface area contributed by atoms with Crippen molar-refractivity contribution >= 4 is 28.5 Å². The highest BCUT2D eigenvalue weighted by Gasteiger charge is 2.00. The Hall–Kier alpha value is -1.18. The number of rotatable bonds is 1. The summed E-state index contributed by atoms with van der Waals surface area (Å²) in [6, 6.07) is 1.75. The quantitative estimate of drug-likeness (QED) is 0.789. The third kappa shape index (κ3) is 1.77. The van der Waals surface area contributed by atoms with Crippen LogP contribution in [0.4, 0.5) is 5.95 Å². The molecule has 13 heavy (non-hydrogen) atoms. The molecule has 0 atom stereocenters. The lowest BCUT2D eigenvalue weighted by molar-refractivity contribution is 0.842. The summed E-state index contributed by atoms with van der Waals surface area (Å²) >= 11 is 2.18. The Bertz CT molecular complexity index is 424. The van der Waals surface area contributed by atoms with Crippen LogP contribution < -0.4 is 5.73 Å². The van der Waals surface area contributed by atoms with Crippen LogP contribution in [0.15, 0.2) is 24.7 Å². The second kappa shape index (κ2) is 3.29. The maximum atomic E-state index is 5.44. The molecule has 0 aliphatic rings. The van der Waals surface area contributed by atoms with E-state index in [1.807, 2.05) is 6.20 Å². The summed E-state index contributed by atoms with van der Waals surface area (Å²) in [4.78, 5) is 7.82. The van der Waals surface area contributed by atoms with Gasteiger partial charge in [0.2, 0.25) is 5.95 Å². The van der Waals surface area contributed by atoms with Gasteiger partial charge in [0.25, 0.3) is 0 Å². The number of nitrogens with zero attached hydrogens (tertiary/aromatic N) is 4. The first-order chi connectivity index (χ1) is 6.25. The van der Waals surface area contributed by atoms with Gasteiger partial charge >= 0.3 is 0 Å². The molecule has 2 heterocycles. The Morgan fingerprint density at radius 1 is 1.46 bits per heavy atom. The SMILES string of the molecule is Nc1nccc(-n2cc(I)cn2)n1. The van der Waals surface area contributed by atoms with E-state index in [1.165, 1.54) is 0 Å². The summed E-state index contributed by atoms with van der Waals surface area (Å²) < 4.78 is 2.70. The van der Waals surface area contributed by atoms with Gasteiger partial charge in [0.1, 0.15) is 0 Å². The van der Waals surface area contributed by atoms with Crippen LogP contribution >= 0.6 is 22.6 Å². The number of anilines is 1. The average molecular weight is 287 g/mol. The molecule has 0 amide bonds. The number of nitrogens with two attached hydrogens (primary N) is 1. The normalized spacial score (nSPS) is 10.2.